The van der Waals surface area contributed by atoms with Crippen LogP contribution < -0.4 is 0 Å². The molecule has 0 aromatic carbocycles. The zero-order valence-electron chi connectivity index (χ0n) is 11.0. The van der Waals surface area contributed by atoms with Gasteiger partial charge in [-0.05, 0) is 31.1 Å². The molecule has 0 saturated heterocycles. The molecule has 2 aliphatic rings. The van der Waals surface area contributed by atoms with E-state index in [9.17, 15) is 4.79 Å². The Morgan fingerprint density at radius 3 is 2.65 bits per heavy atom. The highest BCUT2D eigenvalue weighted by Gasteiger charge is 2.51. The maximum absolute atomic E-state index is 12.2. The molecule has 0 fully saturated rings. The topological polar surface area (TPSA) is 40.9 Å². The minimum atomic E-state index is -0.425. The first-order chi connectivity index (χ1) is 7.81. The van der Waals surface area contributed by atoms with E-state index < -0.39 is 5.41 Å². The summed E-state index contributed by atoms with van der Waals surface area (Å²) in [6.45, 7) is 8.28. The number of fused-ring (bicyclic) bond motifs is 1. The van der Waals surface area contributed by atoms with Crippen LogP contribution in [-0.2, 0) is 4.79 Å². The fourth-order valence-corrected chi connectivity index (χ4v) is 3.64. The number of ketones is 1. The first-order valence-corrected chi connectivity index (χ1v) is 6.14. The van der Waals surface area contributed by atoms with Crippen LogP contribution >= 0.6 is 0 Å². The predicted octanol–water partition coefficient (Wildman–Crippen LogP) is 3.41. The number of carbonyl (C=O) groups is 1. The van der Waals surface area contributed by atoms with Gasteiger partial charge in [-0.25, -0.2) is 0 Å². The van der Waals surface area contributed by atoms with Crippen LogP contribution in [0.25, 0.3) is 0 Å². The molecule has 0 saturated carbocycles. The molecule has 2 rings (SSSR count). The van der Waals surface area contributed by atoms with Crippen LogP contribution in [0, 0.1) is 28.1 Å². The summed E-state index contributed by atoms with van der Waals surface area (Å²) >= 11 is 0. The molecule has 0 amide bonds. The lowest BCUT2D eigenvalue weighted by molar-refractivity contribution is -0.129. The second-order valence-corrected chi connectivity index (χ2v) is 6.24. The molecule has 2 aliphatic carbocycles. The van der Waals surface area contributed by atoms with Gasteiger partial charge in [0.25, 0.3) is 0 Å². The average molecular weight is 229 g/mol. The number of hydrogen-bond donors (Lipinski definition) is 0. The standard InChI is InChI=1S/C15H19NO/c1-10-5-6-12-14(2,3)13(17)11(9-16)8-15(12,4)7-10/h5,8,12H,6-7H2,1-4H3/t12-,15+/m1/s1. The van der Waals surface area contributed by atoms with Gasteiger partial charge in [0, 0.05) is 5.41 Å². The molecule has 90 valence electrons. The Bertz CT molecular complexity index is 476. The molecule has 0 aromatic rings. The molecule has 0 aliphatic heterocycles. The lowest BCUT2D eigenvalue weighted by Gasteiger charge is -2.49. The SMILES string of the molecule is CC1=CC[C@@H]2C(C)(C)C(=O)C(C#N)=C[C@]2(C)C1. The lowest BCUT2D eigenvalue weighted by atomic mass is 9.53. The van der Waals surface area contributed by atoms with Gasteiger partial charge in [-0.1, -0.05) is 38.5 Å². The van der Waals surface area contributed by atoms with Crippen LogP contribution in [-0.4, -0.2) is 5.78 Å². The maximum Gasteiger partial charge on any atom is 0.178 e. The van der Waals surface area contributed by atoms with E-state index in [1.165, 1.54) is 5.57 Å². The van der Waals surface area contributed by atoms with E-state index in [-0.39, 0.29) is 11.2 Å². The van der Waals surface area contributed by atoms with Gasteiger partial charge < -0.3 is 0 Å². The molecular formula is C15H19NO. The smallest absolute Gasteiger partial charge is 0.178 e. The summed E-state index contributed by atoms with van der Waals surface area (Å²) in [5.41, 5.74) is 1.25. The summed E-state index contributed by atoms with van der Waals surface area (Å²) in [4.78, 5) is 12.2. The van der Waals surface area contributed by atoms with Crippen LogP contribution in [0.1, 0.15) is 40.5 Å². The predicted molar refractivity (Wildman–Crippen MR) is 67.1 cm³/mol. The molecule has 0 heterocycles. The first kappa shape index (κ1) is 12.1. The van der Waals surface area contributed by atoms with Gasteiger partial charge in [0.05, 0.1) is 5.57 Å². The van der Waals surface area contributed by atoms with E-state index in [1.54, 1.807) is 0 Å². The minimum Gasteiger partial charge on any atom is -0.293 e. The second kappa shape index (κ2) is 3.57. The van der Waals surface area contributed by atoms with Gasteiger partial charge in [-0.3, -0.25) is 4.79 Å². The van der Waals surface area contributed by atoms with Crippen molar-refractivity contribution in [2.24, 2.45) is 16.7 Å². The second-order valence-electron chi connectivity index (χ2n) is 6.24. The third-order valence-electron chi connectivity index (χ3n) is 4.45. The van der Waals surface area contributed by atoms with Gasteiger partial charge in [0.2, 0.25) is 0 Å². The number of carbonyl (C=O) groups excluding carboxylic acids is 1. The maximum atomic E-state index is 12.2. The number of nitrogens with zero attached hydrogens (tertiary/aromatic N) is 1. The first-order valence-electron chi connectivity index (χ1n) is 6.14. The average Bonchev–Trinajstić information content (AvgIpc) is 2.23. The summed E-state index contributed by atoms with van der Waals surface area (Å²) in [5, 5.41) is 9.11. The lowest BCUT2D eigenvalue weighted by Crippen LogP contribution is -2.47. The number of rotatable bonds is 0. The summed E-state index contributed by atoms with van der Waals surface area (Å²) < 4.78 is 0. The third-order valence-corrected chi connectivity index (χ3v) is 4.45. The van der Waals surface area contributed by atoms with Crippen molar-refractivity contribution in [1.29, 1.82) is 5.26 Å². The van der Waals surface area contributed by atoms with E-state index in [4.69, 9.17) is 5.26 Å². The molecule has 0 N–H and O–H groups in total. The van der Waals surface area contributed by atoms with Crippen LogP contribution in [0.3, 0.4) is 0 Å². The highest BCUT2D eigenvalue weighted by Crippen LogP contribution is 2.54. The van der Waals surface area contributed by atoms with E-state index in [0.29, 0.717) is 11.5 Å². The highest BCUT2D eigenvalue weighted by molar-refractivity contribution is 6.04. The van der Waals surface area contributed by atoms with Crippen molar-refractivity contribution < 1.29 is 4.79 Å². The molecule has 17 heavy (non-hydrogen) atoms. The Hall–Kier alpha value is -1.36. The summed E-state index contributed by atoms with van der Waals surface area (Å²) in [6, 6.07) is 2.07. The Balaban J connectivity index is 2.58. The van der Waals surface area contributed by atoms with Gasteiger partial charge in [-0.15, -0.1) is 0 Å². The van der Waals surface area contributed by atoms with Crippen molar-refractivity contribution >= 4 is 5.78 Å². The molecule has 2 heteroatoms. The molecular weight excluding hydrogens is 210 g/mol. The fraction of sp³-hybridized carbons (Fsp3) is 0.600. The third kappa shape index (κ3) is 1.65. The van der Waals surface area contributed by atoms with Gasteiger partial charge in [0.1, 0.15) is 6.07 Å². The van der Waals surface area contributed by atoms with E-state index in [0.717, 1.165) is 12.8 Å². The van der Waals surface area contributed by atoms with E-state index >= 15 is 0 Å². The van der Waals surface area contributed by atoms with E-state index in [1.807, 2.05) is 19.9 Å². The van der Waals surface area contributed by atoms with Crippen LogP contribution in [0.15, 0.2) is 23.3 Å². The van der Waals surface area contributed by atoms with Crippen molar-refractivity contribution in [2.45, 2.75) is 40.5 Å². The van der Waals surface area contributed by atoms with Gasteiger partial charge in [-0.2, -0.15) is 5.26 Å². The van der Waals surface area contributed by atoms with Crippen molar-refractivity contribution in [3.8, 4) is 6.07 Å². The Morgan fingerprint density at radius 2 is 2.06 bits per heavy atom. The summed E-state index contributed by atoms with van der Waals surface area (Å²) in [5.74, 6) is 0.318. The van der Waals surface area contributed by atoms with Crippen molar-refractivity contribution in [2.75, 3.05) is 0 Å². The largest absolute Gasteiger partial charge is 0.293 e. The van der Waals surface area contributed by atoms with Crippen LogP contribution in [0.4, 0.5) is 0 Å². The molecule has 0 spiro atoms. The van der Waals surface area contributed by atoms with E-state index in [2.05, 4.69) is 26.0 Å². The number of Topliss-reactive ketones (excluding diaryl/α,β-unsaturated/α-hetero) is 1. The summed E-state index contributed by atoms with van der Waals surface area (Å²) in [7, 11) is 0. The minimum absolute atomic E-state index is 0.00966. The molecule has 0 aromatic heterocycles. The number of allylic oxidation sites excluding steroid dienone is 4. The van der Waals surface area contributed by atoms with Crippen molar-refractivity contribution in [1.82, 2.24) is 0 Å². The zero-order chi connectivity index (χ0) is 12.8. The molecule has 0 bridgehead atoms. The Labute approximate surface area is 103 Å². The number of nitriles is 1. The normalized spacial score (nSPS) is 35.5. The summed E-state index contributed by atoms with van der Waals surface area (Å²) in [6.07, 6.45) is 6.06. The molecule has 2 atom stereocenters. The highest BCUT2D eigenvalue weighted by atomic mass is 16.1. The van der Waals surface area contributed by atoms with Gasteiger partial charge in [0.15, 0.2) is 5.78 Å². The molecule has 0 radical (unpaired) electrons. The van der Waals surface area contributed by atoms with Crippen LogP contribution in [0.5, 0.6) is 0 Å². The van der Waals surface area contributed by atoms with Crippen molar-refractivity contribution in [3.63, 3.8) is 0 Å². The molecule has 2 nitrogen and oxygen atoms in total. The van der Waals surface area contributed by atoms with Crippen molar-refractivity contribution in [3.05, 3.63) is 23.3 Å². The monoisotopic (exact) mass is 229 g/mol. The number of hydrogen-bond acceptors (Lipinski definition) is 2. The zero-order valence-corrected chi connectivity index (χ0v) is 11.0. The molecule has 0 unspecified atom stereocenters. The van der Waals surface area contributed by atoms with Crippen LogP contribution in [0.2, 0.25) is 0 Å². The van der Waals surface area contributed by atoms with Gasteiger partial charge >= 0.3 is 0 Å². The Kier molecular flexibility index (Phi) is 2.54. The Morgan fingerprint density at radius 1 is 1.41 bits per heavy atom. The fourth-order valence-electron chi connectivity index (χ4n) is 3.64. The quantitative estimate of drug-likeness (QED) is 0.597.